The van der Waals surface area contributed by atoms with Crippen molar-refractivity contribution in [1.82, 2.24) is 10.2 Å². The Hall–Kier alpha value is -3.32. The molecule has 6 nitrogen and oxygen atoms in total. The summed E-state index contributed by atoms with van der Waals surface area (Å²) in [5, 5.41) is 21.2. The average molecular weight is 505 g/mol. The van der Waals surface area contributed by atoms with Crippen molar-refractivity contribution in [3.05, 3.63) is 89.5 Å². The van der Waals surface area contributed by atoms with Crippen molar-refractivity contribution in [2.24, 2.45) is 5.92 Å². The van der Waals surface area contributed by atoms with Crippen LogP contribution in [0.4, 0.5) is 0 Å². The molecule has 0 saturated carbocycles. The van der Waals surface area contributed by atoms with Crippen molar-refractivity contribution in [1.29, 1.82) is 0 Å². The standard InChI is InChI=1S/C15H17NO.C10H13N.C6H10O3/c1-11(16-2)12-3-5-13(6-4-12)14-7-9-15(17)10-8-14;1-11-7-6-9-4-2-3-5-10(9)8-11;1-2-5(3-7)6(9)4-8/h3-11,16-17H,1-2H3;2-5H,6-8H2,1H3;3-6,9H,2H2,1H3. The highest BCUT2D eigenvalue weighted by Crippen LogP contribution is 2.23. The summed E-state index contributed by atoms with van der Waals surface area (Å²) in [6, 6.07) is 24.8. The third-order valence-corrected chi connectivity index (χ3v) is 6.59. The third kappa shape index (κ3) is 9.57. The van der Waals surface area contributed by atoms with E-state index in [-0.39, 0.29) is 0 Å². The van der Waals surface area contributed by atoms with Crippen molar-refractivity contribution in [3.8, 4) is 16.9 Å². The van der Waals surface area contributed by atoms with Gasteiger partial charge in [-0.25, -0.2) is 0 Å². The highest BCUT2D eigenvalue weighted by molar-refractivity contribution is 5.66. The fourth-order valence-electron chi connectivity index (χ4n) is 3.94. The van der Waals surface area contributed by atoms with Gasteiger partial charge in [-0.15, -0.1) is 0 Å². The van der Waals surface area contributed by atoms with Gasteiger partial charge in [-0.2, -0.15) is 0 Å². The van der Waals surface area contributed by atoms with Crippen LogP contribution in [0.15, 0.2) is 72.8 Å². The molecule has 0 bridgehead atoms. The minimum atomic E-state index is -1.12. The van der Waals surface area contributed by atoms with Crippen LogP contribution < -0.4 is 5.32 Å². The molecule has 0 amide bonds. The summed E-state index contributed by atoms with van der Waals surface area (Å²) in [6.45, 7) is 6.20. The van der Waals surface area contributed by atoms with E-state index < -0.39 is 12.0 Å². The normalized spacial score (nSPS) is 14.9. The quantitative estimate of drug-likeness (QED) is 0.401. The summed E-state index contributed by atoms with van der Waals surface area (Å²) < 4.78 is 0. The number of likely N-dealkylation sites (N-methyl/N-ethyl adjacent to an activating group) is 1. The molecule has 0 aliphatic carbocycles. The molecule has 0 spiro atoms. The van der Waals surface area contributed by atoms with Gasteiger partial charge in [0.25, 0.3) is 0 Å². The smallest absolute Gasteiger partial charge is 0.149 e. The van der Waals surface area contributed by atoms with E-state index in [0.29, 0.717) is 30.8 Å². The van der Waals surface area contributed by atoms with Crippen molar-refractivity contribution in [2.45, 2.75) is 45.4 Å². The summed E-state index contributed by atoms with van der Waals surface area (Å²) in [5.74, 6) is -0.225. The molecule has 3 unspecified atom stereocenters. The number of nitrogens with one attached hydrogen (secondary N) is 1. The van der Waals surface area contributed by atoms with Crippen molar-refractivity contribution < 1.29 is 19.8 Å². The van der Waals surface area contributed by atoms with Crippen LogP contribution in [0, 0.1) is 5.92 Å². The lowest BCUT2D eigenvalue weighted by atomic mass is 10.0. The van der Waals surface area contributed by atoms with Crippen LogP contribution in [-0.2, 0) is 22.6 Å². The monoisotopic (exact) mass is 504 g/mol. The maximum atomic E-state index is 10.0. The zero-order chi connectivity index (χ0) is 27.2. The van der Waals surface area contributed by atoms with E-state index in [9.17, 15) is 14.7 Å². The van der Waals surface area contributed by atoms with Crippen LogP contribution in [-0.4, -0.2) is 54.4 Å². The molecule has 0 radical (unpaired) electrons. The van der Waals surface area contributed by atoms with Gasteiger partial charge in [-0.3, -0.25) is 0 Å². The number of carbonyl (C=O) groups excluding carboxylic acids is 2. The number of phenolic OH excluding ortho intramolecular Hbond substituents is 1. The first-order chi connectivity index (χ1) is 17.8. The molecule has 37 heavy (non-hydrogen) atoms. The number of hydrogen-bond acceptors (Lipinski definition) is 6. The predicted octanol–water partition coefficient (Wildman–Crippen LogP) is 4.79. The number of aliphatic hydroxyl groups excluding tert-OH is 1. The molecule has 3 aromatic rings. The van der Waals surface area contributed by atoms with E-state index >= 15 is 0 Å². The highest BCUT2D eigenvalue weighted by Gasteiger charge is 2.14. The minimum Gasteiger partial charge on any atom is -0.508 e. The number of rotatable bonds is 7. The second-order valence-corrected chi connectivity index (χ2v) is 9.27. The SMILES string of the molecule is CCC(C=O)C(O)C=O.CN1CCc2ccccc2C1.CNC(C)c1ccc(-c2ccc(O)cc2)cc1. The molecule has 0 saturated heterocycles. The van der Waals surface area contributed by atoms with Gasteiger partial charge in [0.05, 0.1) is 0 Å². The van der Waals surface area contributed by atoms with Gasteiger partial charge in [0, 0.05) is 25.0 Å². The van der Waals surface area contributed by atoms with Crippen molar-refractivity contribution in [2.75, 3.05) is 20.6 Å². The van der Waals surface area contributed by atoms with E-state index in [4.69, 9.17) is 5.11 Å². The van der Waals surface area contributed by atoms with Crippen LogP contribution >= 0.6 is 0 Å². The van der Waals surface area contributed by atoms with E-state index in [1.807, 2.05) is 19.2 Å². The summed E-state index contributed by atoms with van der Waals surface area (Å²) >= 11 is 0. The van der Waals surface area contributed by atoms with Crippen molar-refractivity contribution >= 4 is 12.6 Å². The largest absolute Gasteiger partial charge is 0.508 e. The van der Waals surface area contributed by atoms with Gasteiger partial charge in [-0.05, 0) is 73.8 Å². The van der Waals surface area contributed by atoms with E-state index in [1.165, 1.54) is 29.7 Å². The molecule has 3 atom stereocenters. The summed E-state index contributed by atoms with van der Waals surface area (Å²) in [5.41, 5.74) is 6.59. The first kappa shape index (κ1) is 29.9. The number of aldehydes is 2. The first-order valence-corrected chi connectivity index (χ1v) is 12.7. The molecule has 1 aliphatic heterocycles. The van der Waals surface area contributed by atoms with Gasteiger partial charge >= 0.3 is 0 Å². The van der Waals surface area contributed by atoms with Gasteiger partial charge in [-0.1, -0.05) is 67.6 Å². The van der Waals surface area contributed by atoms with Gasteiger partial charge in [0.1, 0.15) is 24.4 Å². The Balaban J connectivity index is 0.000000209. The molecular formula is C31H40N2O4. The molecular weight excluding hydrogens is 464 g/mol. The zero-order valence-corrected chi connectivity index (χ0v) is 22.3. The number of nitrogens with zero attached hydrogens (tertiary/aromatic N) is 1. The second-order valence-electron chi connectivity index (χ2n) is 9.27. The number of aliphatic hydroxyl groups is 1. The third-order valence-electron chi connectivity index (χ3n) is 6.59. The lowest BCUT2D eigenvalue weighted by Crippen LogP contribution is -2.26. The fraction of sp³-hybridized carbons (Fsp3) is 0.355. The molecule has 3 aromatic carbocycles. The Morgan fingerprint density at radius 3 is 1.97 bits per heavy atom. The molecule has 1 heterocycles. The average Bonchev–Trinajstić information content (AvgIpc) is 2.94. The van der Waals surface area contributed by atoms with Crippen LogP contribution in [0.25, 0.3) is 11.1 Å². The Kier molecular flexibility index (Phi) is 12.7. The van der Waals surface area contributed by atoms with Gasteiger partial charge in [0.15, 0.2) is 0 Å². The lowest BCUT2D eigenvalue weighted by Gasteiger charge is -2.24. The lowest BCUT2D eigenvalue weighted by molar-refractivity contribution is -0.123. The second kappa shape index (κ2) is 15.7. The van der Waals surface area contributed by atoms with Gasteiger partial charge in [0.2, 0.25) is 0 Å². The number of fused-ring (bicyclic) bond motifs is 1. The molecule has 0 aromatic heterocycles. The van der Waals surface area contributed by atoms with E-state index in [2.05, 4.69) is 72.7 Å². The van der Waals surface area contributed by atoms with Gasteiger partial charge < -0.3 is 30.0 Å². The number of benzene rings is 3. The fourth-order valence-corrected chi connectivity index (χ4v) is 3.94. The van der Waals surface area contributed by atoms with Crippen molar-refractivity contribution in [3.63, 3.8) is 0 Å². The van der Waals surface area contributed by atoms with Crippen LogP contribution in [0.1, 0.15) is 43.0 Å². The molecule has 4 rings (SSSR count). The zero-order valence-electron chi connectivity index (χ0n) is 22.3. The van der Waals surface area contributed by atoms with Crippen LogP contribution in [0.3, 0.4) is 0 Å². The summed E-state index contributed by atoms with van der Waals surface area (Å²) in [7, 11) is 4.13. The molecule has 0 fully saturated rings. The Morgan fingerprint density at radius 2 is 1.49 bits per heavy atom. The number of carbonyl (C=O) groups is 2. The maximum Gasteiger partial charge on any atom is 0.149 e. The number of aromatic hydroxyl groups is 1. The predicted molar refractivity (Wildman–Crippen MR) is 149 cm³/mol. The molecule has 6 heteroatoms. The van der Waals surface area contributed by atoms with E-state index in [0.717, 1.165) is 17.7 Å². The Bertz CT molecular complexity index is 1080. The molecule has 1 aliphatic rings. The molecule has 3 N–H and O–H groups in total. The number of hydrogen-bond donors (Lipinski definition) is 3. The topological polar surface area (TPSA) is 89.9 Å². The van der Waals surface area contributed by atoms with Crippen LogP contribution in [0.2, 0.25) is 0 Å². The number of phenols is 1. The maximum absolute atomic E-state index is 10.0. The highest BCUT2D eigenvalue weighted by atomic mass is 16.3. The summed E-state index contributed by atoms with van der Waals surface area (Å²) in [6.07, 6.45) is 1.57. The van der Waals surface area contributed by atoms with Crippen LogP contribution in [0.5, 0.6) is 5.75 Å². The Morgan fingerprint density at radius 1 is 0.919 bits per heavy atom. The summed E-state index contributed by atoms with van der Waals surface area (Å²) in [4.78, 5) is 22.2. The van der Waals surface area contributed by atoms with E-state index in [1.54, 1.807) is 19.1 Å². The Labute approximate surface area is 221 Å². The first-order valence-electron chi connectivity index (χ1n) is 12.7. The molecule has 198 valence electrons. The minimum absolute atomic E-state index is 0.300.